The highest BCUT2D eigenvalue weighted by atomic mass is 16.5. The number of rotatable bonds is 5. The van der Waals surface area contributed by atoms with Crippen molar-refractivity contribution >= 4 is 0 Å². The summed E-state index contributed by atoms with van der Waals surface area (Å²) in [6, 6.07) is 0. The molecule has 4 nitrogen and oxygen atoms in total. The molecule has 0 aromatic rings. The van der Waals surface area contributed by atoms with Gasteiger partial charge in [0.2, 0.25) is 0 Å². The first-order valence-corrected chi connectivity index (χ1v) is 7.04. The number of hydrogen-bond donors (Lipinski definition) is 1. The average molecular weight is 242 g/mol. The molecule has 0 spiro atoms. The number of ether oxygens (including phenoxy) is 2. The summed E-state index contributed by atoms with van der Waals surface area (Å²) in [5.41, 5.74) is 0. The third kappa shape index (κ3) is 4.54. The lowest BCUT2D eigenvalue weighted by Crippen LogP contribution is -2.42. The van der Waals surface area contributed by atoms with E-state index in [0.717, 1.165) is 32.7 Å². The molecule has 1 atom stereocenters. The van der Waals surface area contributed by atoms with E-state index >= 15 is 0 Å². The van der Waals surface area contributed by atoms with Gasteiger partial charge in [0.05, 0.1) is 18.8 Å². The van der Waals surface area contributed by atoms with Crippen molar-refractivity contribution in [3.05, 3.63) is 0 Å². The molecule has 0 amide bonds. The fourth-order valence-corrected chi connectivity index (χ4v) is 2.67. The Balaban J connectivity index is 1.57. The second-order valence-electron chi connectivity index (χ2n) is 4.98. The van der Waals surface area contributed by atoms with Crippen molar-refractivity contribution in [2.45, 2.75) is 38.4 Å². The lowest BCUT2D eigenvalue weighted by molar-refractivity contribution is -0.00203. The summed E-state index contributed by atoms with van der Waals surface area (Å²) < 4.78 is 11.4. The van der Waals surface area contributed by atoms with Gasteiger partial charge in [0.1, 0.15) is 0 Å². The predicted molar refractivity (Wildman–Crippen MR) is 68.3 cm³/mol. The van der Waals surface area contributed by atoms with Crippen molar-refractivity contribution in [2.75, 3.05) is 45.9 Å². The first-order valence-electron chi connectivity index (χ1n) is 7.04. The molecule has 4 heteroatoms. The van der Waals surface area contributed by atoms with Gasteiger partial charge in [0.25, 0.3) is 0 Å². The molecule has 0 aromatic heterocycles. The SMILES string of the molecule is CCOC1CCN(CCC2CNCCO2)CC1. The molecule has 17 heavy (non-hydrogen) atoms. The maximum absolute atomic E-state index is 5.71. The number of nitrogens with zero attached hydrogens (tertiary/aromatic N) is 1. The summed E-state index contributed by atoms with van der Waals surface area (Å²) in [5.74, 6) is 0. The van der Waals surface area contributed by atoms with E-state index in [9.17, 15) is 0 Å². The molecule has 0 aliphatic carbocycles. The summed E-state index contributed by atoms with van der Waals surface area (Å²) in [7, 11) is 0. The van der Waals surface area contributed by atoms with Gasteiger partial charge < -0.3 is 19.7 Å². The maximum Gasteiger partial charge on any atom is 0.0712 e. The number of morpholine rings is 1. The van der Waals surface area contributed by atoms with Gasteiger partial charge in [-0.3, -0.25) is 0 Å². The van der Waals surface area contributed by atoms with Crippen LogP contribution in [0.3, 0.4) is 0 Å². The van der Waals surface area contributed by atoms with Gasteiger partial charge in [0, 0.05) is 39.3 Å². The molecule has 1 N–H and O–H groups in total. The first kappa shape index (κ1) is 13.3. The lowest BCUT2D eigenvalue weighted by Gasteiger charge is -2.33. The van der Waals surface area contributed by atoms with Crippen molar-refractivity contribution in [1.29, 1.82) is 0 Å². The molecule has 0 saturated carbocycles. The fourth-order valence-electron chi connectivity index (χ4n) is 2.67. The van der Waals surface area contributed by atoms with Crippen molar-refractivity contribution in [3.8, 4) is 0 Å². The molecule has 2 aliphatic rings. The van der Waals surface area contributed by atoms with Crippen LogP contribution in [0.1, 0.15) is 26.2 Å². The largest absolute Gasteiger partial charge is 0.378 e. The van der Waals surface area contributed by atoms with Crippen LogP contribution in [0.5, 0.6) is 0 Å². The molecule has 0 radical (unpaired) electrons. The van der Waals surface area contributed by atoms with Crippen LogP contribution in [0.2, 0.25) is 0 Å². The van der Waals surface area contributed by atoms with Crippen LogP contribution in [0.25, 0.3) is 0 Å². The zero-order valence-corrected chi connectivity index (χ0v) is 11.0. The van der Waals surface area contributed by atoms with Crippen molar-refractivity contribution in [1.82, 2.24) is 10.2 Å². The first-order chi connectivity index (χ1) is 8.38. The molecule has 2 heterocycles. The smallest absolute Gasteiger partial charge is 0.0712 e. The molecule has 2 saturated heterocycles. The molecule has 2 aliphatic heterocycles. The molecule has 0 bridgehead atoms. The third-order valence-electron chi connectivity index (χ3n) is 3.71. The van der Waals surface area contributed by atoms with Gasteiger partial charge in [0.15, 0.2) is 0 Å². The monoisotopic (exact) mass is 242 g/mol. The van der Waals surface area contributed by atoms with E-state index in [4.69, 9.17) is 9.47 Å². The fraction of sp³-hybridized carbons (Fsp3) is 1.00. The summed E-state index contributed by atoms with van der Waals surface area (Å²) >= 11 is 0. The van der Waals surface area contributed by atoms with Crippen LogP contribution in [-0.4, -0.2) is 63.0 Å². The highest BCUT2D eigenvalue weighted by Crippen LogP contribution is 2.14. The summed E-state index contributed by atoms with van der Waals surface area (Å²) in [5, 5.41) is 3.38. The van der Waals surface area contributed by atoms with Gasteiger partial charge in [-0.2, -0.15) is 0 Å². The molecule has 1 unspecified atom stereocenters. The van der Waals surface area contributed by atoms with E-state index in [1.807, 2.05) is 0 Å². The van der Waals surface area contributed by atoms with E-state index in [-0.39, 0.29) is 0 Å². The van der Waals surface area contributed by atoms with Gasteiger partial charge in [-0.1, -0.05) is 0 Å². The molecular weight excluding hydrogens is 216 g/mol. The number of nitrogens with one attached hydrogen (secondary N) is 1. The third-order valence-corrected chi connectivity index (χ3v) is 3.71. The predicted octanol–water partition coefficient (Wildman–Crippen LogP) is 0.866. The zero-order chi connectivity index (χ0) is 11.9. The van der Waals surface area contributed by atoms with Crippen LogP contribution in [0.4, 0.5) is 0 Å². The van der Waals surface area contributed by atoms with E-state index in [2.05, 4.69) is 17.1 Å². The van der Waals surface area contributed by atoms with Crippen LogP contribution in [0, 0.1) is 0 Å². The van der Waals surface area contributed by atoms with E-state index in [1.54, 1.807) is 0 Å². The lowest BCUT2D eigenvalue weighted by atomic mass is 10.1. The van der Waals surface area contributed by atoms with Crippen LogP contribution in [-0.2, 0) is 9.47 Å². The highest BCUT2D eigenvalue weighted by molar-refractivity contribution is 4.75. The summed E-state index contributed by atoms with van der Waals surface area (Å²) in [4.78, 5) is 2.55. The standard InChI is InChI=1S/C13H26N2O2/c1-2-16-12-3-7-15(8-4-12)9-5-13-11-14-6-10-17-13/h12-14H,2-11H2,1H3. The summed E-state index contributed by atoms with van der Waals surface area (Å²) in [6.45, 7) is 9.38. The van der Waals surface area contributed by atoms with Gasteiger partial charge in [-0.25, -0.2) is 0 Å². The number of piperidine rings is 1. The molecular formula is C13H26N2O2. The minimum absolute atomic E-state index is 0.424. The zero-order valence-electron chi connectivity index (χ0n) is 11.0. The van der Waals surface area contributed by atoms with Crippen molar-refractivity contribution in [2.24, 2.45) is 0 Å². The Labute approximate surface area is 105 Å². The Morgan fingerprint density at radius 1 is 1.35 bits per heavy atom. The average Bonchev–Trinajstić information content (AvgIpc) is 2.40. The van der Waals surface area contributed by atoms with Gasteiger partial charge >= 0.3 is 0 Å². The molecule has 0 aromatic carbocycles. The Morgan fingerprint density at radius 2 is 2.18 bits per heavy atom. The molecule has 2 fully saturated rings. The Bertz CT molecular complexity index is 200. The van der Waals surface area contributed by atoms with Crippen LogP contribution < -0.4 is 5.32 Å². The van der Waals surface area contributed by atoms with Crippen LogP contribution in [0.15, 0.2) is 0 Å². The normalized spacial score (nSPS) is 28.4. The van der Waals surface area contributed by atoms with Crippen LogP contribution >= 0.6 is 0 Å². The number of likely N-dealkylation sites (tertiary alicyclic amines) is 1. The van der Waals surface area contributed by atoms with Gasteiger partial charge in [-0.05, 0) is 26.2 Å². The van der Waals surface area contributed by atoms with Crippen molar-refractivity contribution in [3.63, 3.8) is 0 Å². The Kier molecular flexibility index (Phi) is 5.71. The molecule has 2 rings (SSSR count). The van der Waals surface area contributed by atoms with E-state index < -0.39 is 0 Å². The highest BCUT2D eigenvalue weighted by Gasteiger charge is 2.20. The van der Waals surface area contributed by atoms with E-state index in [1.165, 1.54) is 32.5 Å². The second-order valence-corrected chi connectivity index (χ2v) is 4.98. The Hall–Kier alpha value is -0.160. The van der Waals surface area contributed by atoms with E-state index in [0.29, 0.717) is 12.2 Å². The Morgan fingerprint density at radius 3 is 2.82 bits per heavy atom. The summed E-state index contributed by atoms with van der Waals surface area (Å²) in [6.07, 6.45) is 4.47. The minimum atomic E-state index is 0.424. The quantitative estimate of drug-likeness (QED) is 0.775. The maximum atomic E-state index is 5.71. The topological polar surface area (TPSA) is 33.7 Å². The van der Waals surface area contributed by atoms with Gasteiger partial charge in [-0.15, -0.1) is 0 Å². The number of hydrogen-bond acceptors (Lipinski definition) is 4. The molecule has 100 valence electrons. The van der Waals surface area contributed by atoms with Crippen molar-refractivity contribution < 1.29 is 9.47 Å². The minimum Gasteiger partial charge on any atom is -0.378 e. The second kappa shape index (κ2) is 7.31.